The monoisotopic (exact) mass is 1180 g/mol. The van der Waals surface area contributed by atoms with Crippen molar-refractivity contribution in [2.45, 2.75) is 123 Å². The standard InChI is InChI=1S/C24H23FN2O5S.C23H22FN3O5S.C10H18O5.CH4/c1-24(12-22(31)27-23-26-7-8-33-23)6-2-3-14-9-19(29)21(11-17(14)24)32-15-4-5-16(18(25)10-15)20(30)13-28;1-23(11-21(31)27-22-25-6-7-33-22)16-10-20(18(29)8-13(16)4-5-26-23)32-14-2-3-15(17(24)9-14)19(30)12-28;1-9(2,3)14-7(11)13-8(12)15-10(4,5)6;/h4-5,7-11,28-29H,2-3,6,12-13H2,1H3,(H,26,27,31);2-3,6-10,26,28-29H,4-5,11-12H2,1H3,(H,25,27,31);1-6H3;1H4/t24-;23-;;/m11../s1. The third-order valence-electron chi connectivity index (χ3n) is 12.3. The minimum Gasteiger partial charge on any atom is -0.504 e. The van der Waals surface area contributed by atoms with E-state index in [4.69, 9.17) is 29.2 Å². The number of carbonyl (C=O) groups excluding carboxylic acids is 6. The number of nitrogens with zero attached hydrogens (tertiary/aromatic N) is 2. The molecule has 2 atom stereocenters. The van der Waals surface area contributed by atoms with Crippen LogP contribution >= 0.6 is 22.7 Å². The molecule has 0 fully saturated rings. The first kappa shape index (κ1) is 64.9. The van der Waals surface area contributed by atoms with Gasteiger partial charge in [0, 0.05) is 65.6 Å². The summed E-state index contributed by atoms with van der Waals surface area (Å²) in [6, 6.07) is 13.8. The number of rotatable bonds is 14. The van der Waals surface area contributed by atoms with Gasteiger partial charge in [-0.1, -0.05) is 14.4 Å². The van der Waals surface area contributed by atoms with Gasteiger partial charge in [-0.15, -0.1) is 22.7 Å². The van der Waals surface area contributed by atoms with E-state index in [-0.39, 0.29) is 77.7 Å². The molecule has 440 valence electrons. The summed E-state index contributed by atoms with van der Waals surface area (Å²) in [6.45, 7) is 12.9. The second-order valence-corrected chi connectivity index (χ2v) is 23.0. The Bertz CT molecular complexity index is 3040. The number of aliphatic hydroxyl groups is 2. The number of thiazole rings is 2. The first-order valence-electron chi connectivity index (χ1n) is 25.3. The zero-order valence-electron chi connectivity index (χ0n) is 45.7. The van der Waals surface area contributed by atoms with Crippen LogP contribution in [0.15, 0.2) is 83.8 Å². The quantitative estimate of drug-likeness (QED) is 0.0303. The molecule has 4 aromatic carbocycles. The van der Waals surface area contributed by atoms with Gasteiger partial charge in [0.15, 0.2) is 44.8 Å². The molecule has 24 heteroatoms. The van der Waals surface area contributed by atoms with Crippen molar-refractivity contribution in [2.24, 2.45) is 0 Å². The number of amides is 2. The number of Topliss-reactive ketones (excluding diaryl/α,β-unsaturated/α-hetero) is 2. The van der Waals surface area contributed by atoms with Gasteiger partial charge in [0.1, 0.15) is 47.5 Å². The summed E-state index contributed by atoms with van der Waals surface area (Å²) in [5.74, 6) is -3.34. The number of benzene rings is 4. The first-order chi connectivity index (χ1) is 38.1. The van der Waals surface area contributed by atoms with Crippen LogP contribution in [-0.4, -0.2) is 97.0 Å². The smallest absolute Gasteiger partial charge is 0.504 e. The van der Waals surface area contributed by atoms with Gasteiger partial charge in [0.05, 0.1) is 11.1 Å². The van der Waals surface area contributed by atoms with E-state index in [9.17, 15) is 47.8 Å². The van der Waals surface area contributed by atoms with Crippen molar-refractivity contribution in [1.82, 2.24) is 15.3 Å². The maximum Gasteiger partial charge on any atom is 0.519 e. The minimum absolute atomic E-state index is 0. The Hall–Kier alpha value is -7.90. The topological polar surface area (TPSA) is 291 Å². The average Bonchev–Trinajstić information content (AvgIpc) is 4.17. The molecule has 1 aliphatic carbocycles. The van der Waals surface area contributed by atoms with Crippen LogP contribution in [0.25, 0.3) is 0 Å². The van der Waals surface area contributed by atoms with Gasteiger partial charge in [-0.05, 0) is 145 Å². The molecule has 2 aromatic heterocycles. The largest absolute Gasteiger partial charge is 0.519 e. The number of aliphatic hydroxyl groups excluding tert-OH is 2. The number of hydrogen-bond acceptors (Lipinski definition) is 20. The van der Waals surface area contributed by atoms with Crippen LogP contribution in [0, 0.1) is 11.6 Å². The Morgan fingerprint density at radius 3 is 1.54 bits per heavy atom. The maximum atomic E-state index is 14.3. The molecule has 2 amide bonds. The zero-order valence-corrected chi connectivity index (χ0v) is 47.3. The van der Waals surface area contributed by atoms with Gasteiger partial charge < -0.3 is 60.1 Å². The molecular formula is C58H67F2N5O15S2. The fourth-order valence-electron chi connectivity index (χ4n) is 8.77. The first-order valence-corrected chi connectivity index (χ1v) is 27.1. The molecule has 0 radical (unpaired) electrons. The number of carbonyl (C=O) groups is 6. The molecule has 0 saturated carbocycles. The number of halogens is 2. The lowest BCUT2D eigenvalue weighted by Gasteiger charge is -2.37. The summed E-state index contributed by atoms with van der Waals surface area (Å²) in [4.78, 5) is 78.6. The van der Waals surface area contributed by atoms with Crippen LogP contribution in [0.1, 0.15) is 131 Å². The maximum absolute atomic E-state index is 14.3. The normalized spacial score (nSPS) is 16.1. The predicted molar refractivity (Wildman–Crippen MR) is 302 cm³/mol. The van der Waals surface area contributed by atoms with Crippen molar-refractivity contribution in [2.75, 3.05) is 30.4 Å². The van der Waals surface area contributed by atoms with Crippen LogP contribution in [0.2, 0.25) is 0 Å². The van der Waals surface area contributed by atoms with E-state index in [1.807, 2.05) is 13.8 Å². The molecule has 20 nitrogen and oxygen atoms in total. The highest BCUT2D eigenvalue weighted by Gasteiger charge is 2.37. The molecule has 0 spiro atoms. The lowest BCUT2D eigenvalue weighted by Crippen LogP contribution is -2.47. The molecule has 0 unspecified atom stereocenters. The van der Waals surface area contributed by atoms with E-state index >= 15 is 0 Å². The van der Waals surface area contributed by atoms with Crippen LogP contribution in [0.4, 0.5) is 28.6 Å². The van der Waals surface area contributed by atoms with Crippen LogP contribution in [0.5, 0.6) is 34.5 Å². The fourth-order valence-corrected chi connectivity index (χ4v) is 9.86. The molecule has 1 aliphatic heterocycles. The lowest BCUT2D eigenvalue weighted by atomic mass is 9.69. The van der Waals surface area contributed by atoms with Crippen LogP contribution in [0.3, 0.4) is 0 Å². The molecule has 82 heavy (non-hydrogen) atoms. The van der Waals surface area contributed by atoms with Crippen molar-refractivity contribution >= 4 is 68.6 Å². The minimum atomic E-state index is -1.06. The van der Waals surface area contributed by atoms with E-state index in [2.05, 4.69) is 30.7 Å². The molecule has 3 heterocycles. The van der Waals surface area contributed by atoms with Crippen molar-refractivity contribution in [3.8, 4) is 34.5 Å². The Morgan fingerprint density at radius 2 is 1.11 bits per heavy atom. The van der Waals surface area contributed by atoms with Crippen LogP contribution < -0.4 is 25.4 Å². The summed E-state index contributed by atoms with van der Waals surface area (Å²) in [5.41, 5.74) is 0.391. The van der Waals surface area contributed by atoms with E-state index in [0.717, 1.165) is 53.6 Å². The number of anilines is 2. The Labute approximate surface area is 480 Å². The highest BCUT2D eigenvalue weighted by atomic mass is 32.1. The number of aromatic hydroxyl groups is 2. The highest BCUT2D eigenvalue weighted by Crippen LogP contribution is 2.46. The molecule has 0 bridgehead atoms. The van der Waals surface area contributed by atoms with Gasteiger partial charge in [0.25, 0.3) is 0 Å². The summed E-state index contributed by atoms with van der Waals surface area (Å²) in [7, 11) is 0. The average molecular weight is 1180 g/mol. The van der Waals surface area contributed by atoms with Crippen molar-refractivity contribution < 1.29 is 81.7 Å². The number of fused-ring (bicyclic) bond motifs is 2. The van der Waals surface area contributed by atoms with Gasteiger partial charge in [0.2, 0.25) is 11.8 Å². The Balaban J connectivity index is 0.000000241. The number of aromatic nitrogens is 2. The second kappa shape index (κ2) is 27.7. The van der Waals surface area contributed by atoms with Crippen LogP contribution in [-0.2, 0) is 47.6 Å². The summed E-state index contributed by atoms with van der Waals surface area (Å²) in [6.07, 6.45) is 4.54. The van der Waals surface area contributed by atoms with E-state index in [1.165, 1.54) is 46.9 Å². The number of aryl methyl sites for hydroxylation is 1. The molecule has 6 aromatic rings. The number of ether oxygens (including phenoxy) is 5. The second-order valence-electron chi connectivity index (χ2n) is 21.2. The summed E-state index contributed by atoms with van der Waals surface area (Å²) < 4.78 is 53.8. The third kappa shape index (κ3) is 18.1. The molecule has 7 N–H and O–H groups in total. The number of ketones is 2. The van der Waals surface area contributed by atoms with Crippen molar-refractivity contribution in [1.29, 1.82) is 0 Å². The number of phenols is 2. The SMILES string of the molecule is C.CC(C)(C)OC(=O)OC(=O)OC(C)(C)C.C[C@]1(CC(=O)Nc2nccs2)CCCc2cc(O)c(Oc3ccc(C(=O)CO)c(F)c3)cc21.C[C@]1(CC(=O)Nc2nccs2)NCCc2cc(O)c(Oc3ccc(C(=O)CO)c(F)c3)cc21. The zero-order chi connectivity index (χ0) is 59.5. The van der Waals surface area contributed by atoms with E-state index in [1.54, 1.807) is 89.0 Å². The molecular weight excluding hydrogens is 1110 g/mol. The summed E-state index contributed by atoms with van der Waals surface area (Å²) >= 11 is 2.67. The van der Waals surface area contributed by atoms with E-state index < -0.39 is 70.9 Å². The predicted octanol–water partition coefficient (Wildman–Crippen LogP) is 11.4. The lowest BCUT2D eigenvalue weighted by molar-refractivity contribution is -0.118. The fraction of sp³-hybridized carbons (Fsp3) is 0.379. The van der Waals surface area contributed by atoms with Gasteiger partial charge in [-0.3, -0.25) is 19.2 Å². The number of phenolic OH excluding ortho intramolecular Hbond substituents is 2. The third-order valence-corrected chi connectivity index (χ3v) is 13.7. The number of hydrogen-bond donors (Lipinski definition) is 7. The van der Waals surface area contributed by atoms with Gasteiger partial charge in [-0.2, -0.15) is 0 Å². The molecule has 8 rings (SSSR count). The van der Waals surface area contributed by atoms with Gasteiger partial charge in [-0.25, -0.2) is 28.3 Å². The summed E-state index contributed by atoms with van der Waals surface area (Å²) in [5, 5.41) is 52.4. The van der Waals surface area contributed by atoms with E-state index in [0.29, 0.717) is 23.2 Å². The molecule has 0 saturated heterocycles. The van der Waals surface area contributed by atoms with Crippen molar-refractivity contribution in [3.63, 3.8) is 0 Å². The molecule has 2 aliphatic rings. The van der Waals surface area contributed by atoms with Crippen molar-refractivity contribution in [3.05, 3.63) is 129 Å². The highest BCUT2D eigenvalue weighted by molar-refractivity contribution is 7.14. The Morgan fingerprint density at radius 1 is 0.659 bits per heavy atom. The van der Waals surface area contributed by atoms with Gasteiger partial charge >= 0.3 is 12.3 Å². The number of nitrogens with one attached hydrogen (secondary N) is 3. The Kier molecular flexibility index (Phi) is 21.9.